The highest BCUT2D eigenvalue weighted by Crippen LogP contribution is 2.25. The molecule has 0 unspecified atom stereocenters. The van der Waals surface area contributed by atoms with E-state index in [2.05, 4.69) is 5.32 Å². The third-order valence-electron chi connectivity index (χ3n) is 3.91. The van der Waals surface area contributed by atoms with Crippen LogP contribution in [0.5, 0.6) is 0 Å². The van der Waals surface area contributed by atoms with Crippen LogP contribution in [0.25, 0.3) is 6.08 Å². The zero-order valence-electron chi connectivity index (χ0n) is 15.0. The van der Waals surface area contributed by atoms with Crippen LogP contribution in [0.4, 0.5) is 16.4 Å². The fraction of sp³-hybridized carbons (Fsp3) is 0.211. The number of carbonyl (C=O) groups is 3. The summed E-state index contributed by atoms with van der Waals surface area (Å²) in [6.45, 7) is 3.74. The summed E-state index contributed by atoms with van der Waals surface area (Å²) in [6, 6.07) is 7.98. The average Bonchev–Trinajstić information content (AvgIpc) is 2.99. The Hall–Kier alpha value is -3.35. The second kappa shape index (κ2) is 6.51. The number of nitrogens with one attached hydrogen (secondary N) is 1. The number of aryl methyl sites for hydroxylation is 2. The van der Waals surface area contributed by atoms with Crippen LogP contribution in [0.15, 0.2) is 40.3 Å². The van der Waals surface area contributed by atoms with Crippen LogP contribution < -0.4 is 15.1 Å². The Bertz CT molecular complexity index is 920. The number of furan rings is 1. The standard InChI is InChI=1S/C19H19N3O4/c1-11-7-12(2)9-13(8-11)22-18(24)15(17(23)20-19(22)25)10-14-5-6-16(26-14)21(3)4/h5-10H,1-4H3,(H,20,23,25). The predicted octanol–water partition coefficient (Wildman–Crippen LogP) is 2.63. The van der Waals surface area contributed by atoms with Crippen LogP contribution in [-0.2, 0) is 9.59 Å². The van der Waals surface area contributed by atoms with E-state index in [1.54, 1.807) is 29.2 Å². The zero-order chi connectivity index (χ0) is 19.0. The highest BCUT2D eigenvalue weighted by Gasteiger charge is 2.37. The minimum atomic E-state index is -0.768. The Morgan fingerprint density at radius 2 is 1.69 bits per heavy atom. The maximum atomic E-state index is 12.8. The van der Waals surface area contributed by atoms with E-state index in [4.69, 9.17) is 4.42 Å². The lowest BCUT2D eigenvalue weighted by atomic mass is 10.1. The molecule has 7 nitrogen and oxygen atoms in total. The highest BCUT2D eigenvalue weighted by molar-refractivity contribution is 6.39. The number of anilines is 2. The Morgan fingerprint density at radius 3 is 2.27 bits per heavy atom. The molecule has 4 amide bonds. The molecule has 1 aromatic heterocycles. The Kier molecular flexibility index (Phi) is 4.38. The molecular weight excluding hydrogens is 334 g/mol. The van der Waals surface area contributed by atoms with Gasteiger partial charge in [0.15, 0.2) is 5.88 Å². The summed E-state index contributed by atoms with van der Waals surface area (Å²) < 4.78 is 5.56. The van der Waals surface area contributed by atoms with Crippen molar-refractivity contribution in [2.75, 3.05) is 23.9 Å². The largest absolute Gasteiger partial charge is 0.441 e. The maximum absolute atomic E-state index is 12.8. The van der Waals surface area contributed by atoms with Crippen LogP contribution in [0.1, 0.15) is 16.9 Å². The average molecular weight is 353 g/mol. The van der Waals surface area contributed by atoms with Gasteiger partial charge in [0.1, 0.15) is 11.3 Å². The molecule has 0 aliphatic carbocycles. The number of hydrogen-bond donors (Lipinski definition) is 1. The van der Waals surface area contributed by atoms with E-state index in [0.717, 1.165) is 16.0 Å². The molecule has 134 valence electrons. The first-order chi connectivity index (χ1) is 12.3. The molecule has 1 saturated heterocycles. The summed E-state index contributed by atoms with van der Waals surface area (Å²) in [5, 5.41) is 2.20. The quantitative estimate of drug-likeness (QED) is 0.677. The minimum absolute atomic E-state index is 0.164. The van der Waals surface area contributed by atoms with Gasteiger partial charge in [0.25, 0.3) is 11.8 Å². The van der Waals surface area contributed by atoms with Gasteiger partial charge in [-0.05, 0) is 49.2 Å². The number of amides is 4. The molecule has 1 aliphatic heterocycles. The number of carbonyl (C=O) groups excluding carboxylic acids is 3. The predicted molar refractivity (Wildman–Crippen MR) is 98.0 cm³/mol. The molecule has 0 spiro atoms. The van der Waals surface area contributed by atoms with Crippen LogP contribution in [0.2, 0.25) is 0 Å². The van der Waals surface area contributed by atoms with Crippen molar-refractivity contribution in [3.05, 3.63) is 52.8 Å². The molecule has 1 aromatic carbocycles. The number of hydrogen-bond acceptors (Lipinski definition) is 5. The first-order valence-corrected chi connectivity index (χ1v) is 8.03. The number of rotatable bonds is 3. The van der Waals surface area contributed by atoms with E-state index in [-0.39, 0.29) is 5.57 Å². The smallest absolute Gasteiger partial charge is 0.335 e. The van der Waals surface area contributed by atoms with Gasteiger partial charge in [0.2, 0.25) is 0 Å². The van der Waals surface area contributed by atoms with Crippen molar-refractivity contribution in [1.82, 2.24) is 5.32 Å². The summed E-state index contributed by atoms with van der Waals surface area (Å²) >= 11 is 0. The Labute approximate surface area is 150 Å². The van der Waals surface area contributed by atoms with Gasteiger partial charge in [-0.2, -0.15) is 0 Å². The second-order valence-electron chi connectivity index (χ2n) is 6.37. The SMILES string of the molecule is Cc1cc(C)cc(N2C(=O)NC(=O)C(=Cc3ccc(N(C)C)o3)C2=O)c1. The molecule has 1 aliphatic rings. The molecule has 1 N–H and O–H groups in total. The van der Waals surface area contributed by atoms with Gasteiger partial charge in [-0.15, -0.1) is 0 Å². The van der Waals surface area contributed by atoms with Crippen molar-refractivity contribution >= 4 is 35.5 Å². The maximum Gasteiger partial charge on any atom is 0.335 e. The number of benzene rings is 1. The lowest BCUT2D eigenvalue weighted by Gasteiger charge is -2.26. The molecule has 7 heteroatoms. The Balaban J connectivity index is 2.01. The highest BCUT2D eigenvalue weighted by atomic mass is 16.4. The van der Waals surface area contributed by atoms with Crippen molar-refractivity contribution in [2.24, 2.45) is 0 Å². The number of urea groups is 1. The van der Waals surface area contributed by atoms with Crippen molar-refractivity contribution in [3.63, 3.8) is 0 Å². The first-order valence-electron chi connectivity index (χ1n) is 8.03. The number of barbiturate groups is 1. The van der Waals surface area contributed by atoms with E-state index in [1.807, 2.05) is 34.0 Å². The van der Waals surface area contributed by atoms with E-state index in [0.29, 0.717) is 17.3 Å². The Morgan fingerprint density at radius 1 is 1.04 bits per heavy atom. The molecule has 0 atom stereocenters. The van der Waals surface area contributed by atoms with Crippen LogP contribution in [0.3, 0.4) is 0 Å². The first kappa shape index (κ1) is 17.5. The van der Waals surface area contributed by atoms with Gasteiger partial charge in [0.05, 0.1) is 5.69 Å². The second-order valence-corrected chi connectivity index (χ2v) is 6.37. The van der Waals surface area contributed by atoms with Crippen LogP contribution in [0, 0.1) is 13.8 Å². The van der Waals surface area contributed by atoms with Crippen LogP contribution in [-0.4, -0.2) is 31.9 Å². The summed E-state index contributed by atoms with van der Waals surface area (Å²) in [5.41, 5.74) is 2.06. The fourth-order valence-corrected chi connectivity index (χ4v) is 2.77. The summed E-state index contributed by atoms with van der Waals surface area (Å²) in [6.07, 6.45) is 1.34. The molecule has 2 aromatic rings. The molecule has 0 radical (unpaired) electrons. The minimum Gasteiger partial charge on any atom is -0.441 e. The van der Waals surface area contributed by atoms with Gasteiger partial charge in [-0.1, -0.05) is 6.07 Å². The molecule has 0 bridgehead atoms. The van der Waals surface area contributed by atoms with E-state index in [9.17, 15) is 14.4 Å². The van der Waals surface area contributed by atoms with Crippen LogP contribution >= 0.6 is 0 Å². The molecule has 0 saturated carbocycles. The number of nitrogens with zero attached hydrogens (tertiary/aromatic N) is 2. The van der Waals surface area contributed by atoms with Gasteiger partial charge in [0, 0.05) is 20.2 Å². The van der Waals surface area contributed by atoms with Gasteiger partial charge < -0.3 is 9.32 Å². The third kappa shape index (κ3) is 3.23. The zero-order valence-corrected chi connectivity index (χ0v) is 15.0. The molecule has 3 rings (SSSR count). The van der Waals surface area contributed by atoms with Gasteiger partial charge in [-0.3, -0.25) is 14.9 Å². The van der Waals surface area contributed by atoms with E-state index in [1.165, 1.54) is 6.08 Å². The monoisotopic (exact) mass is 353 g/mol. The summed E-state index contributed by atoms with van der Waals surface area (Å²) in [5.74, 6) is -0.500. The lowest BCUT2D eigenvalue weighted by Crippen LogP contribution is -2.54. The van der Waals surface area contributed by atoms with Crippen molar-refractivity contribution in [3.8, 4) is 0 Å². The molecular formula is C19H19N3O4. The van der Waals surface area contributed by atoms with Crippen molar-refractivity contribution < 1.29 is 18.8 Å². The summed E-state index contributed by atoms with van der Waals surface area (Å²) in [7, 11) is 3.63. The summed E-state index contributed by atoms with van der Waals surface area (Å²) in [4.78, 5) is 40.0. The van der Waals surface area contributed by atoms with Crippen molar-refractivity contribution in [2.45, 2.75) is 13.8 Å². The molecule has 1 fully saturated rings. The van der Waals surface area contributed by atoms with Gasteiger partial charge >= 0.3 is 6.03 Å². The van der Waals surface area contributed by atoms with E-state index < -0.39 is 17.8 Å². The van der Waals surface area contributed by atoms with Gasteiger partial charge in [-0.25, -0.2) is 9.69 Å². The lowest BCUT2D eigenvalue weighted by molar-refractivity contribution is -0.122. The fourth-order valence-electron chi connectivity index (χ4n) is 2.77. The molecule has 26 heavy (non-hydrogen) atoms. The number of imide groups is 2. The van der Waals surface area contributed by atoms with E-state index >= 15 is 0 Å². The third-order valence-corrected chi connectivity index (χ3v) is 3.91. The van der Waals surface area contributed by atoms with Crippen molar-refractivity contribution in [1.29, 1.82) is 0 Å². The molecule has 2 heterocycles. The topological polar surface area (TPSA) is 82.9 Å². The normalized spacial score (nSPS) is 16.2.